The second kappa shape index (κ2) is 7.48. The predicted octanol–water partition coefficient (Wildman–Crippen LogP) is 1.57. The molecule has 2 N–H and O–H groups in total. The molecule has 1 fully saturated rings. The summed E-state index contributed by atoms with van der Waals surface area (Å²) in [5, 5.41) is 20.7. The Morgan fingerprint density at radius 3 is 3.07 bits per heavy atom. The number of amides is 1. The van der Waals surface area contributed by atoms with E-state index in [0.717, 1.165) is 37.1 Å². The van der Waals surface area contributed by atoms with Gasteiger partial charge in [0.05, 0.1) is 12.4 Å². The van der Waals surface area contributed by atoms with Gasteiger partial charge in [-0.25, -0.2) is 9.50 Å². The van der Waals surface area contributed by atoms with Crippen molar-refractivity contribution in [1.82, 2.24) is 29.7 Å². The Morgan fingerprint density at radius 2 is 2.26 bits per heavy atom. The number of hydrogen-bond acceptors (Lipinski definition) is 5. The first kappa shape index (κ1) is 17.7. The number of rotatable bonds is 5. The quantitative estimate of drug-likeness (QED) is 0.712. The number of aromatic amines is 1. The van der Waals surface area contributed by atoms with Gasteiger partial charge in [-0.15, -0.1) is 0 Å². The van der Waals surface area contributed by atoms with E-state index in [1.54, 1.807) is 16.9 Å². The van der Waals surface area contributed by atoms with Crippen LogP contribution < -0.4 is 0 Å². The summed E-state index contributed by atoms with van der Waals surface area (Å²) in [6.45, 7) is 3.59. The number of carbonyl (C=O) groups is 1. The number of aliphatic hydroxyl groups excluding tert-OH is 1. The summed E-state index contributed by atoms with van der Waals surface area (Å²) < 4.78 is 1.61. The lowest BCUT2D eigenvalue weighted by Gasteiger charge is -2.32. The first-order chi connectivity index (χ1) is 13.2. The zero-order valence-corrected chi connectivity index (χ0v) is 15.4. The number of aliphatic hydroxyl groups is 1. The van der Waals surface area contributed by atoms with E-state index in [1.807, 2.05) is 17.3 Å². The monoisotopic (exact) mass is 368 g/mol. The van der Waals surface area contributed by atoms with Crippen molar-refractivity contribution >= 4 is 11.6 Å². The van der Waals surface area contributed by atoms with Crippen LogP contribution in [0.3, 0.4) is 0 Å². The number of nitrogens with zero attached hydrogens (tertiary/aromatic N) is 5. The fourth-order valence-corrected chi connectivity index (χ4v) is 3.85. The van der Waals surface area contributed by atoms with E-state index < -0.39 is 0 Å². The van der Waals surface area contributed by atoms with E-state index in [4.69, 9.17) is 5.11 Å². The molecule has 1 aliphatic heterocycles. The van der Waals surface area contributed by atoms with Gasteiger partial charge in [0.1, 0.15) is 5.56 Å². The predicted molar refractivity (Wildman–Crippen MR) is 99.6 cm³/mol. The lowest BCUT2D eigenvalue weighted by atomic mass is 9.91. The highest BCUT2D eigenvalue weighted by molar-refractivity contribution is 5.99. The van der Waals surface area contributed by atoms with E-state index in [-0.39, 0.29) is 18.4 Å². The number of hydrogen-bond donors (Lipinski definition) is 2. The maximum absolute atomic E-state index is 13.1. The Morgan fingerprint density at radius 1 is 1.37 bits per heavy atom. The summed E-state index contributed by atoms with van der Waals surface area (Å²) >= 11 is 0. The highest BCUT2D eigenvalue weighted by Gasteiger charge is 2.29. The first-order valence-corrected chi connectivity index (χ1v) is 9.45. The van der Waals surface area contributed by atoms with Crippen LogP contribution in [-0.4, -0.2) is 60.4 Å². The van der Waals surface area contributed by atoms with Gasteiger partial charge in [0, 0.05) is 43.7 Å². The van der Waals surface area contributed by atoms with Crippen LogP contribution >= 0.6 is 0 Å². The van der Waals surface area contributed by atoms with Crippen LogP contribution in [-0.2, 0) is 12.8 Å². The van der Waals surface area contributed by atoms with Gasteiger partial charge in [-0.05, 0) is 36.8 Å². The molecule has 0 spiro atoms. The fraction of sp³-hybridized carbons (Fsp3) is 0.474. The van der Waals surface area contributed by atoms with Gasteiger partial charge in [-0.3, -0.25) is 9.89 Å². The number of aromatic nitrogens is 5. The first-order valence-electron chi connectivity index (χ1n) is 9.45. The van der Waals surface area contributed by atoms with E-state index in [0.29, 0.717) is 24.2 Å². The standard InChI is InChI=1S/C19H24N6O2/c1-2-14-9-21-23-17(14)15-4-3-6-24(12-15)19(27)16-10-22-25-11-13(5-7-26)8-20-18(16)25/h8-11,15,26H,2-7,12H2,1H3,(H,21,23)/t15-/m0/s1. The summed E-state index contributed by atoms with van der Waals surface area (Å²) in [5.41, 5.74) is 4.34. The van der Waals surface area contributed by atoms with Crippen LogP contribution in [0.4, 0.5) is 0 Å². The molecule has 8 heteroatoms. The number of H-pyrrole nitrogens is 1. The molecule has 4 rings (SSSR count). The van der Waals surface area contributed by atoms with Crippen LogP contribution in [0.1, 0.15) is 52.9 Å². The average Bonchev–Trinajstić information content (AvgIpc) is 3.34. The Kier molecular flexibility index (Phi) is 4.89. The smallest absolute Gasteiger partial charge is 0.259 e. The molecule has 27 heavy (non-hydrogen) atoms. The Hall–Kier alpha value is -2.74. The third-order valence-electron chi connectivity index (χ3n) is 5.29. The molecule has 4 heterocycles. The molecule has 1 atom stereocenters. The molecule has 0 unspecified atom stereocenters. The molecule has 142 valence electrons. The largest absolute Gasteiger partial charge is 0.396 e. The number of carbonyl (C=O) groups excluding carboxylic acids is 1. The number of piperidine rings is 1. The number of nitrogens with one attached hydrogen (secondary N) is 1. The minimum Gasteiger partial charge on any atom is -0.396 e. The molecule has 8 nitrogen and oxygen atoms in total. The van der Waals surface area contributed by atoms with Crippen LogP contribution in [0.5, 0.6) is 0 Å². The van der Waals surface area contributed by atoms with Crippen molar-refractivity contribution < 1.29 is 9.90 Å². The van der Waals surface area contributed by atoms with Gasteiger partial charge in [0.15, 0.2) is 5.65 Å². The zero-order valence-electron chi connectivity index (χ0n) is 15.4. The highest BCUT2D eigenvalue weighted by atomic mass is 16.3. The van der Waals surface area contributed by atoms with E-state index in [2.05, 4.69) is 27.2 Å². The number of aryl methyl sites for hydroxylation is 1. The van der Waals surface area contributed by atoms with Crippen molar-refractivity contribution in [3.63, 3.8) is 0 Å². The van der Waals surface area contributed by atoms with Gasteiger partial charge in [0.25, 0.3) is 5.91 Å². The van der Waals surface area contributed by atoms with Crippen molar-refractivity contribution in [3.8, 4) is 0 Å². The van der Waals surface area contributed by atoms with Gasteiger partial charge in [0.2, 0.25) is 0 Å². The lowest BCUT2D eigenvalue weighted by Crippen LogP contribution is -2.39. The lowest BCUT2D eigenvalue weighted by molar-refractivity contribution is 0.0707. The van der Waals surface area contributed by atoms with Crippen LogP contribution in [0.15, 0.2) is 24.8 Å². The molecule has 3 aromatic rings. The van der Waals surface area contributed by atoms with Crippen molar-refractivity contribution in [2.45, 2.75) is 38.5 Å². The van der Waals surface area contributed by atoms with E-state index in [9.17, 15) is 4.79 Å². The summed E-state index contributed by atoms with van der Waals surface area (Å²) in [7, 11) is 0. The van der Waals surface area contributed by atoms with E-state index >= 15 is 0 Å². The Balaban J connectivity index is 1.56. The summed E-state index contributed by atoms with van der Waals surface area (Å²) in [4.78, 5) is 19.4. The summed E-state index contributed by atoms with van der Waals surface area (Å²) in [6.07, 6.45) is 10.4. The molecular formula is C19H24N6O2. The molecule has 0 radical (unpaired) electrons. The molecule has 1 saturated heterocycles. The second-order valence-corrected chi connectivity index (χ2v) is 7.02. The molecule has 3 aromatic heterocycles. The Bertz CT molecular complexity index is 947. The highest BCUT2D eigenvalue weighted by Crippen LogP contribution is 2.29. The van der Waals surface area contributed by atoms with E-state index in [1.165, 1.54) is 5.56 Å². The van der Waals surface area contributed by atoms with Crippen LogP contribution in [0.25, 0.3) is 5.65 Å². The SMILES string of the molecule is CCc1cn[nH]c1[C@H]1CCCN(C(=O)c2cnn3cc(CCO)cnc23)C1. The maximum atomic E-state index is 13.1. The Labute approximate surface area is 157 Å². The van der Waals surface area contributed by atoms with Crippen molar-refractivity contribution in [3.05, 3.63) is 47.2 Å². The normalized spacial score (nSPS) is 17.6. The molecule has 0 aliphatic carbocycles. The molecule has 0 bridgehead atoms. The number of likely N-dealkylation sites (tertiary alicyclic amines) is 1. The topological polar surface area (TPSA) is 99.4 Å². The van der Waals surface area contributed by atoms with Crippen LogP contribution in [0.2, 0.25) is 0 Å². The van der Waals surface area contributed by atoms with Gasteiger partial charge in [-0.2, -0.15) is 10.2 Å². The third-order valence-corrected chi connectivity index (χ3v) is 5.29. The molecule has 1 amide bonds. The summed E-state index contributed by atoms with van der Waals surface area (Å²) in [5.74, 6) is 0.251. The fourth-order valence-electron chi connectivity index (χ4n) is 3.85. The van der Waals surface area contributed by atoms with Crippen molar-refractivity contribution in [2.24, 2.45) is 0 Å². The number of fused-ring (bicyclic) bond motifs is 1. The zero-order chi connectivity index (χ0) is 18.8. The van der Waals surface area contributed by atoms with Gasteiger partial charge < -0.3 is 10.0 Å². The second-order valence-electron chi connectivity index (χ2n) is 7.02. The minimum absolute atomic E-state index is 0.0327. The van der Waals surface area contributed by atoms with Crippen molar-refractivity contribution in [1.29, 1.82) is 0 Å². The molecule has 1 aliphatic rings. The van der Waals surface area contributed by atoms with Crippen LogP contribution in [0, 0.1) is 0 Å². The van der Waals surface area contributed by atoms with Crippen molar-refractivity contribution in [2.75, 3.05) is 19.7 Å². The summed E-state index contributed by atoms with van der Waals surface area (Å²) in [6, 6.07) is 0. The maximum Gasteiger partial charge on any atom is 0.259 e. The molecule has 0 aromatic carbocycles. The van der Waals surface area contributed by atoms with Gasteiger partial charge in [-0.1, -0.05) is 6.92 Å². The minimum atomic E-state index is -0.0327. The molecular weight excluding hydrogens is 344 g/mol. The third kappa shape index (κ3) is 3.32. The van der Waals surface area contributed by atoms with Gasteiger partial charge >= 0.3 is 0 Å². The average molecular weight is 368 g/mol. The molecule has 0 saturated carbocycles.